The Kier molecular flexibility index (Phi) is 4.07. The van der Waals surface area contributed by atoms with Crippen molar-refractivity contribution in [2.45, 2.75) is 12.8 Å². The van der Waals surface area contributed by atoms with Gasteiger partial charge < -0.3 is 4.90 Å². The van der Waals surface area contributed by atoms with E-state index < -0.39 is 0 Å². The van der Waals surface area contributed by atoms with Gasteiger partial charge in [-0.25, -0.2) is 5.06 Å². The lowest BCUT2D eigenvalue weighted by molar-refractivity contribution is -0.117. The molecule has 1 aliphatic rings. The number of carbonyl (C=O) groups is 2. The number of hydrogen-bond donors (Lipinski definition) is 0. The minimum Gasteiger partial charge on any atom is -0.312 e. The van der Waals surface area contributed by atoms with E-state index in [4.69, 9.17) is 16.4 Å². The van der Waals surface area contributed by atoms with Crippen LogP contribution < -0.4 is 4.90 Å². The van der Waals surface area contributed by atoms with E-state index in [2.05, 4.69) is 0 Å². The van der Waals surface area contributed by atoms with Gasteiger partial charge in [0.15, 0.2) is 0 Å². The van der Waals surface area contributed by atoms with E-state index in [0.717, 1.165) is 11.5 Å². The Balaban J connectivity index is 2.43. The molecule has 0 unspecified atom stereocenters. The molecular weight excluding hydrogens is 268 g/mol. The van der Waals surface area contributed by atoms with Gasteiger partial charge in [-0.05, 0) is 24.6 Å². The molecule has 0 spiro atoms. The molecule has 0 aromatic heterocycles. The minimum absolute atomic E-state index is 0.0105. The fraction of sp³-hybridized carbons (Fsp3) is 0.385. The number of anilines is 1. The monoisotopic (exact) mass is 282 g/mol. The van der Waals surface area contributed by atoms with Crippen LogP contribution >= 0.6 is 11.6 Å². The van der Waals surface area contributed by atoms with E-state index in [1.165, 1.54) is 14.2 Å². The Bertz CT molecular complexity index is 519. The van der Waals surface area contributed by atoms with E-state index in [0.29, 0.717) is 29.2 Å². The van der Waals surface area contributed by atoms with Crippen LogP contribution in [0.5, 0.6) is 0 Å². The third-order valence-electron chi connectivity index (χ3n) is 3.11. The molecule has 2 rings (SSSR count). The highest BCUT2D eigenvalue weighted by molar-refractivity contribution is 6.31. The zero-order valence-electron chi connectivity index (χ0n) is 10.9. The van der Waals surface area contributed by atoms with Crippen molar-refractivity contribution < 1.29 is 14.4 Å². The second kappa shape index (κ2) is 5.59. The number of hydrogen-bond acceptors (Lipinski definition) is 3. The van der Waals surface area contributed by atoms with Crippen molar-refractivity contribution in [1.82, 2.24) is 5.06 Å². The smallest absolute Gasteiger partial charge is 0.279 e. The third kappa shape index (κ3) is 2.72. The van der Waals surface area contributed by atoms with Gasteiger partial charge in [-0.15, -0.1) is 0 Å². The van der Waals surface area contributed by atoms with E-state index in [9.17, 15) is 9.59 Å². The Labute approximate surface area is 116 Å². The van der Waals surface area contributed by atoms with Crippen molar-refractivity contribution in [3.63, 3.8) is 0 Å². The Hall–Kier alpha value is -1.59. The van der Waals surface area contributed by atoms with Gasteiger partial charge in [0, 0.05) is 25.0 Å². The summed E-state index contributed by atoms with van der Waals surface area (Å²) in [5, 5.41) is 1.61. The SMILES string of the molecule is CON(C)C(=O)c1ccc(Cl)cc1N1CCCC1=O. The number of rotatable bonds is 3. The van der Waals surface area contributed by atoms with Crippen LogP contribution in [-0.2, 0) is 9.63 Å². The first-order valence-electron chi connectivity index (χ1n) is 5.96. The fourth-order valence-electron chi connectivity index (χ4n) is 2.06. The maximum Gasteiger partial charge on any atom is 0.279 e. The van der Waals surface area contributed by atoms with E-state index in [1.807, 2.05) is 0 Å². The molecule has 0 radical (unpaired) electrons. The summed E-state index contributed by atoms with van der Waals surface area (Å²) in [6.07, 6.45) is 1.29. The van der Waals surface area contributed by atoms with Gasteiger partial charge in [-0.2, -0.15) is 0 Å². The van der Waals surface area contributed by atoms with Crippen molar-refractivity contribution in [3.8, 4) is 0 Å². The molecule has 1 saturated heterocycles. The van der Waals surface area contributed by atoms with Crippen LogP contribution in [0, 0.1) is 0 Å². The topological polar surface area (TPSA) is 49.9 Å². The van der Waals surface area contributed by atoms with Gasteiger partial charge in [-0.1, -0.05) is 11.6 Å². The molecule has 2 amide bonds. The molecule has 6 heteroatoms. The van der Waals surface area contributed by atoms with Crippen LogP contribution in [0.3, 0.4) is 0 Å². The molecule has 0 aliphatic carbocycles. The number of amides is 2. The zero-order valence-corrected chi connectivity index (χ0v) is 11.6. The van der Waals surface area contributed by atoms with Crippen LogP contribution in [0.2, 0.25) is 5.02 Å². The quantitative estimate of drug-likeness (QED) is 0.798. The average Bonchev–Trinajstić information content (AvgIpc) is 2.83. The van der Waals surface area contributed by atoms with Crippen molar-refractivity contribution >= 4 is 29.1 Å². The fourth-order valence-corrected chi connectivity index (χ4v) is 2.23. The highest BCUT2D eigenvalue weighted by Crippen LogP contribution is 2.29. The van der Waals surface area contributed by atoms with Gasteiger partial charge >= 0.3 is 0 Å². The van der Waals surface area contributed by atoms with E-state index in [-0.39, 0.29) is 11.8 Å². The average molecular weight is 283 g/mol. The normalized spacial score (nSPS) is 14.9. The first kappa shape index (κ1) is 13.8. The summed E-state index contributed by atoms with van der Waals surface area (Å²) in [4.78, 5) is 30.5. The third-order valence-corrected chi connectivity index (χ3v) is 3.35. The van der Waals surface area contributed by atoms with Crippen LogP contribution in [-0.4, -0.2) is 37.6 Å². The molecule has 1 aromatic carbocycles. The largest absolute Gasteiger partial charge is 0.312 e. The Morgan fingerprint density at radius 1 is 1.47 bits per heavy atom. The summed E-state index contributed by atoms with van der Waals surface area (Å²) < 4.78 is 0. The standard InChI is InChI=1S/C13H15ClN2O3/c1-15(19-2)13(18)10-6-5-9(14)8-11(10)16-7-3-4-12(16)17/h5-6,8H,3-4,7H2,1-2H3. The summed E-state index contributed by atoms with van der Waals surface area (Å²) in [7, 11) is 2.93. The summed E-state index contributed by atoms with van der Waals surface area (Å²) in [6.45, 7) is 0.607. The number of benzene rings is 1. The summed E-state index contributed by atoms with van der Waals surface area (Å²) >= 11 is 5.97. The second-order valence-electron chi connectivity index (χ2n) is 4.30. The van der Waals surface area contributed by atoms with Gasteiger partial charge in [0.2, 0.25) is 5.91 Å². The van der Waals surface area contributed by atoms with Crippen LogP contribution in [0.1, 0.15) is 23.2 Å². The maximum absolute atomic E-state index is 12.2. The molecule has 1 heterocycles. The van der Waals surface area contributed by atoms with Gasteiger partial charge in [0.25, 0.3) is 5.91 Å². The number of nitrogens with zero attached hydrogens (tertiary/aromatic N) is 2. The minimum atomic E-state index is -0.311. The van der Waals surface area contributed by atoms with Gasteiger partial charge in [0.05, 0.1) is 18.4 Å². The summed E-state index contributed by atoms with van der Waals surface area (Å²) in [5.74, 6) is -0.301. The van der Waals surface area contributed by atoms with Crippen molar-refractivity contribution in [2.24, 2.45) is 0 Å². The predicted molar refractivity (Wildman–Crippen MR) is 72.1 cm³/mol. The van der Waals surface area contributed by atoms with Crippen LogP contribution in [0.25, 0.3) is 0 Å². The molecule has 0 N–H and O–H groups in total. The van der Waals surface area contributed by atoms with Crippen molar-refractivity contribution in [2.75, 3.05) is 25.6 Å². The Morgan fingerprint density at radius 2 is 2.21 bits per heavy atom. The van der Waals surface area contributed by atoms with Gasteiger partial charge in [0.1, 0.15) is 0 Å². The predicted octanol–water partition coefficient (Wildman–Crippen LogP) is 2.10. The molecule has 1 aromatic rings. The molecule has 0 atom stereocenters. The molecule has 102 valence electrons. The highest BCUT2D eigenvalue weighted by atomic mass is 35.5. The summed E-state index contributed by atoms with van der Waals surface area (Å²) in [5.41, 5.74) is 0.952. The van der Waals surface area contributed by atoms with E-state index >= 15 is 0 Å². The molecule has 0 bridgehead atoms. The van der Waals surface area contributed by atoms with Crippen LogP contribution in [0.4, 0.5) is 5.69 Å². The molecule has 19 heavy (non-hydrogen) atoms. The van der Waals surface area contributed by atoms with Crippen LogP contribution in [0.15, 0.2) is 18.2 Å². The molecular formula is C13H15ClN2O3. The second-order valence-corrected chi connectivity index (χ2v) is 4.73. The van der Waals surface area contributed by atoms with E-state index in [1.54, 1.807) is 23.1 Å². The lowest BCUT2D eigenvalue weighted by atomic mass is 10.1. The van der Waals surface area contributed by atoms with Crippen molar-refractivity contribution in [1.29, 1.82) is 0 Å². The maximum atomic E-state index is 12.2. The summed E-state index contributed by atoms with van der Waals surface area (Å²) in [6, 6.07) is 4.88. The lowest BCUT2D eigenvalue weighted by Gasteiger charge is -2.22. The molecule has 1 fully saturated rings. The molecule has 0 saturated carbocycles. The zero-order chi connectivity index (χ0) is 14.0. The first-order valence-corrected chi connectivity index (χ1v) is 6.34. The first-order chi connectivity index (χ1) is 9.04. The highest BCUT2D eigenvalue weighted by Gasteiger charge is 2.27. The molecule has 5 nitrogen and oxygen atoms in total. The Morgan fingerprint density at radius 3 is 2.79 bits per heavy atom. The van der Waals surface area contributed by atoms with Gasteiger partial charge in [-0.3, -0.25) is 14.4 Å². The number of hydroxylamine groups is 2. The number of carbonyl (C=O) groups excluding carboxylic acids is 2. The number of halogens is 1. The van der Waals surface area contributed by atoms with Crippen molar-refractivity contribution in [3.05, 3.63) is 28.8 Å². The molecule has 1 aliphatic heterocycles. The lowest BCUT2D eigenvalue weighted by Crippen LogP contribution is -2.30.